The van der Waals surface area contributed by atoms with Crippen molar-refractivity contribution < 1.29 is 19.8 Å². The van der Waals surface area contributed by atoms with Crippen LogP contribution in [-0.2, 0) is 17.6 Å². The molecular formula is C28H32N2O4. The molecule has 3 rings (SSSR count). The molecule has 0 radical (unpaired) electrons. The van der Waals surface area contributed by atoms with Gasteiger partial charge >= 0.3 is 5.97 Å². The number of phenols is 1. The van der Waals surface area contributed by atoms with E-state index in [0.717, 1.165) is 41.6 Å². The van der Waals surface area contributed by atoms with Gasteiger partial charge in [0.2, 0.25) is 5.91 Å². The standard InChI is InChI=1S/C28H32N2O4/c1-20-18-25(31)11-12-26(20)24-6-2-4-22(19-24)5-3-15-29-16-14-27(32)30-17-13-21-7-9-23(10-8-21)28(33)34/h2,4,6-12,18-19,29,31H,3,5,13-17H2,1H3,(H,30,32)(H,33,34). The number of aromatic hydroxyl groups is 1. The molecule has 0 saturated carbocycles. The summed E-state index contributed by atoms with van der Waals surface area (Å²) in [7, 11) is 0. The Morgan fingerprint density at radius 2 is 1.65 bits per heavy atom. The number of nitrogens with one attached hydrogen (secondary N) is 2. The molecule has 0 unspecified atom stereocenters. The van der Waals surface area contributed by atoms with Crippen LogP contribution in [0.3, 0.4) is 0 Å². The second-order valence-electron chi connectivity index (χ2n) is 8.41. The van der Waals surface area contributed by atoms with E-state index >= 15 is 0 Å². The summed E-state index contributed by atoms with van der Waals surface area (Å²) in [5.74, 6) is -0.652. The number of benzene rings is 3. The number of hydrogen-bond acceptors (Lipinski definition) is 4. The first-order valence-electron chi connectivity index (χ1n) is 11.6. The Balaban J connectivity index is 1.30. The Morgan fingerprint density at radius 1 is 0.853 bits per heavy atom. The maximum Gasteiger partial charge on any atom is 0.335 e. The van der Waals surface area contributed by atoms with Gasteiger partial charge in [-0.2, -0.15) is 0 Å². The number of carboxylic acid groups (broad SMARTS) is 1. The Morgan fingerprint density at radius 3 is 2.38 bits per heavy atom. The van der Waals surface area contributed by atoms with Crippen LogP contribution in [-0.4, -0.2) is 41.7 Å². The summed E-state index contributed by atoms with van der Waals surface area (Å²) in [6, 6.07) is 20.6. The molecule has 0 atom stereocenters. The van der Waals surface area contributed by atoms with Crippen LogP contribution in [0.1, 0.15) is 39.9 Å². The fraction of sp³-hybridized carbons (Fsp3) is 0.286. The molecule has 0 heterocycles. The number of carbonyl (C=O) groups excluding carboxylic acids is 1. The van der Waals surface area contributed by atoms with Crippen LogP contribution in [0.2, 0.25) is 0 Å². The topological polar surface area (TPSA) is 98.7 Å². The van der Waals surface area contributed by atoms with Crippen LogP contribution in [0.25, 0.3) is 11.1 Å². The summed E-state index contributed by atoms with van der Waals surface area (Å²) < 4.78 is 0. The first kappa shape index (κ1) is 25.0. The second-order valence-corrected chi connectivity index (χ2v) is 8.41. The minimum Gasteiger partial charge on any atom is -0.508 e. The first-order valence-corrected chi connectivity index (χ1v) is 11.6. The van der Waals surface area contributed by atoms with Gasteiger partial charge < -0.3 is 20.8 Å². The number of amides is 1. The fourth-order valence-electron chi connectivity index (χ4n) is 3.86. The van der Waals surface area contributed by atoms with E-state index in [9.17, 15) is 14.7 Å². The van der Waals surface area contributed by atoms with Gasteiger partial charge in [0, 0.05) is 19.5 Å². The summed E-state index contributed by atoms with van der Waals surface area (Å²) in [5, 5.41) is 24.8. The molecule has 3 aromatic rings. The van der Waals surface area contributed by atoms with Crippen molar-refractivity contribution in [2.24, 2.45) is 0 Å². The van der Waals surface area contributed by atoms with Crippen LogP contribution in [0.5, 0.6) is 5.75 Å². The van der Waals surface area contributed by atoms with Crippen molar-refractivity contribution in [2.45, 2.75) is 32.6 Å². The molecule has 4 N–H and O–H groups in total. The maximum atomic E-state index is 12.0. The number of aryl methyl sites for hydroxylation is 2. The van der Waals surface area contributed by atoms with Crippen molar-refractivity contribution in [3.8, 4) is 16.9 Å². The molecule has 6 nitrogen and oxygen atoms in total. The number of carbonyl (C=O) groups is 2. The van der Waals surface area contributed by atoms with Crippen LogP contribution < -0.4 is 10.6 Å². The maximum absolute atomic E-state index is 12.0. The summed E-state index contributed by atoms with van der Waals surface area (Å²) in [6.07, 6.45) is 3.02. The Kier molecular flexibility index (Phi) is 9.23. The fourth-order valence-corrected chi connectivity index (χ4v) is 3.86. The zero-order valence-electron chi connectivity index (χ0n) is 19.5. The SMILES string of the molecule is Cc1cc(O)ccc1-c1cccc(CCCNCCC(=O)NCCc2ccc(C(=O)O)cc2)c1. The van der Waals surface area contributed by atoms with Crippen LogP contribution in [0, 0.1) is 6.92 Å². The summed E-state index contributed by atoms with van der Waals surface area (Å²) >= 11 is 0. The molecule has 0 spiro atoms. The smallest absolute Gasteiger partial charge is 0.335 e. The van der Waals surface area contributed by atoms with Gasteiger partial charge in [0.1, 0.15) is 5.75 Å². The molecule has 6 heteroatoms. The van der Waals surface area contributed by atoms with Crippen LogP contribution in [0.4, 0.5) is 0 Å². The molecule has 0 aliphatic heterocycles. The third-order valence-corrected chi connectivity index (χ3v) is 5.73. The van der Waals surface area contributed by atoms with Crippen molar-refractivity contribution in [1.29, 1.82) is 0 Å². The third kappa shape index (κ3) is 7.74. The van der Waals surface area contributed by atoms with Gasteiger partial charge in [-0.3, -0.25) is 4.79 Å². The van der Waals surface area contributed by atoms with Gasteiger partial charge in [-0.1, -0.05) is 42.5 Å². The molecule has 0 aliphatic carbocycles. The normalized spacial score (nSPS) is 10.7. The number of rotatable bonds is 12. The molecule has 0 fully saturated rings. The van der Waals surface area contributed by atoms with E-state index in [0.29, 0.717) is 25.9 Å². The van der Waals surface area contributed by atoms with Crippen LogP contribution in [0.15, 0.2) is 66.7 Å². The Hall–Kier alpha value is -3.64. The average Bonchev–Trinajstić information content (AvgIpc) is 2.82. The van der Waals surface area contributed by atoms with Gasteiger partial charge in [-0.15, -0.1) is 0 Å². The van der Waals surface area contributed by atoms with Gasteiger partial charge in [-0.25, -0.2) is 4.79 Å². The molecule has 0 aromatic heterocycles. The minimum atomic E-state index is -0.940. The lowest BCUT2D eigenvalue weighted by atomic mass is 9.97. The molecular weight excluding hydrogens is 428 g/mol. The molecule has 1 amide bonds. The van der Waals surface area contributed by atoms with Gasteiger partial charge in [0.25, 0.3) is 0 Å². The molecule has 0 saturated heterocycles. The average molecular weight is 461 g/mol. The van der Waals surface area contributed by atoms with Crippen LogP contribution >= 0.6 is 0 Å². The third-order valence-electron chi connectivity index (χ3n) is 5.73. The van der Waals surface area contributed by atoms with Crippen molar-refractivity contribution in [3.05, 3.63) is 89.0 Å². The molecule has 178 valence electrons. The lowest BCUT2D eigenvalue weighted by molar-refractivity contribution is -0.120. The quantitative estimate of drug-likeness (QED) is 0.302. The number of aromatic carboxylic acids is 1. The molecule has 0 aliphatic rings. The minimum absolute atomic E-state index is 0.00613. The Labute approximate surface area is 200 Å². The largest absolute Gasteiger partial charge is 0.508 e. The predicted molar refractivity (Wildman–Crippen MR) is 134 cm³/mol. The zero-order valence-corrected chi connectivity index (χ0v) is 19.5. The highest BCUT2D eigenvalue weighted by Crippen LogP contribution is 2.27. The van der Waals surface area contributed by atoms with E-state index in [1.54, 1.807) is 36.4 Å². The first-order chi connectivity index (χ1) is 16.4. The monoisotopic (exact) mass is 460 g/mol. The van der Waals surface area contributed by atoms with Crippen molar-refractivity contribution in [1.82, 2.24) is 10.6 Å². The van der Waals surface area contributed by atoms with Gasteiger partial charge in [0.15, 0.2) is 0 Å². The Bertz CT molecular complexity index is 1110. The van der Waals surface area contributed by atoms with E-state index in [-0.39, 0.29) is 17.2 Å². The van der Waals surface area contributed by atoms with Crippen molar-refractivity contribution in [2.75, 3.05) is 19.6 Å². The molecule has 3 aromatic carbocycles. The number of phenolic OH excluding ortho intramolecular Hbond substituents is 1. The zero-order chi connectivity index (χ0) is 24.3. The predicted octanol–water partition coefficient (Wildman–Crippen LogP) is 4.34. The van der Waals surface area contributed by atoms with Crippen molar-refractivity contribution >= 4 is 11.9 Å². The molecule has 0 bridgehead atoms. The number of hydrogen-bond donors (Lipinski definition) is 4. The van der Waals surface area contributed by atoms with E-state index in [1.165, 1.54) is 5.56 Å². The van der Waals surface area contributed by atoms with Gasteiger partial charge in [0.05, 0.1) is 5.56 Å². The van der Waals surface area contributed by atoms with E-state index in [1.807, 2.05) is 13.0 Å². The van der Waals surface area contributed by atoms with Gasteiger partial charge in [-0.05, 0) is 84.8 Å². The highest BCUT2D eigenvalue weighted by molar-refractivity contribution is 5.87. The second kappa shape index (κ2) is 12.6. The number of carboxylic acids is 1. The van der Waals surface area contributed by atoms with E-state index in [4.69, 9.17) is 5.11 Å². The lowest BCUT2D eigenvalue weighted by Crippen LogP contribution is -2.29. The van der Waals surface area contributed by atoms with E-state index in [2.05, 4.69) is 34.9 Å². The molecule has 34 heavy (non-hydrogen) atoms. The highest BCUT2D eigenvalue weighted by atomic mass is 16.4. The summed E-state index contributed by atoms with van der Waals surface area (Å²) in [6.45, 7) is 4.00. The van der Waals surface area contributed by atoms with E-state index < -0.39 is 5.97 Å². The summed E-state index contributed by atoms with van der Waals surface area (Å²) in [5.41, 5.74) is 5.85. The highest BCUT2D eigenvalue weighted by Gasteiger charge is 2.05. The van der Waals surface area contributed by atoms with Crippen molar-refractivity contribution in [3.63, 3.8) is 0 Å². The summed E-state index contributed by atoms with van der Waals surface area (Å²) in [4.78, 5) is 22.9. The lowest BCUT2D eigenvalue weighted by Gasteiger charge is -2.10.